The molecule has 1 saturated heterocycles. The molecule has 0 bridgehead atoms. The van der Waals surface area contributed by atoms with Crippen LogP contribution in [-0.4, -0.2) is 30.5 Å². The second-order valence-corrected chi connectivity index (χ2v) is 7.14. The fourth-order valence-electron chi connectivity index (χ4n) is 3.70. The van der Waals surface area contributed by atoms with Crippen LogP contribution in [0.2, 0.25) is 0 Å². The maximum Gasteiger partial charge on any atom is 0.255 e. The van der Waals surface area contributed by atoms with Crippen molar-refractivity contribution >= 4 is 5.91 Å². The molecule has 1 fully saturated rings. The summed E-state index contributed by atoms with van der Waals surface area (Å²) in [5, 5.41) is 0. The molecule has 0 unspecified atom stereocenters. The number of ether oxygens (including phenoxy) is 1. The highest BCUT2D eigenvalue weighted by molar-refractivity contribution is 5.75. The van der Waals surface area contributed by atoms with Crippen molar-refractivity contribution in [2.45, 2.75) is 31.7 Å². The Morgan fingerprint density at radius 3 is 2.76 bits per heavy atom. The number of rotatable bonds is 6. The summed E-state index contributed by atoms with van der Waals surface area (Å²) in [6.45, 7) is 5.31. The summed E-state index contributed by atoms with van der Waals surface area (Å²) in [7, 11) is 0. The summed E-state index contributed by atoms with van der Waals surface area (Å²) < 4.78 is 5.41. The molecule has 1 aliphatic heterocycles. The van der Waals surface area contributed by atoms with Crippen LogP contribution in [0, 0.1) is 0 Å². The Morgan fingerprint density at radius 1 is 1.20 bits per heavy atom. The minimum Gasteiger partial charge on any atom is -0.484 e. The average molecular weight is 338 g/mol. The van der Waals surface area contributed by atoms with Crippen LogP contribution >= 0.6 is 0 Å². The van der Waals surface area contributed by atoms with E-state index in [-0.39, 0.29) is 12.0 Å². The zero-order chi connectivity index (χ0) is 17.7. The molecule has 0 spiro atoms. The number of carbonyl (C=O) groups is 1. The van der Waals surface area contributed by atoms with Gasteiger partial charge in [0.1, 0.15) is 5.75 Å². The monoisotopic (exact) mass is 338 g/mol. The van der Waals surface area contributed by atoms with Crippen LogP contribution in [0.3, 0.4) is 0 Å². The SMILES string of the molecule is C[C@]1(c2ccccc2)CCCN(Cc2cccc(OCC(N)=O)c2)C1. The Morgan fingerprint density at radius 2 is 2.00 bits per heavy atom. The fourth-order valence-corrected chi connectivity index (χ4v) is 3.70. The Bertz CT molecular complexity index is 717. The number of nitrogens with two attached hydrogens (primary N) is 1. The van der Waals surface area contributed by atoms with Crippen molar-refractivity contribution in [3.05, 3.63) is 65.7 Å². The summed E-state index contributed by atoms with van der Waals surface area (Å²) in [4.78, 5) is 13.4. The topological polar surface area (TPSA) is 55.6 Å². The first-order valence-corrected chi connectivity index (χ1v) is 8.83. The molecule has 132 valence electrons. The van der Waals surface area contributed by atoms with Crippen molar-refractivity contribution in [3.8, 4) is 5.75 Å². The Labute approximate surface area is 149 Å². The smallest absolute Gasteiger partial charge is 0.255 e. The lowest BCUT2D eigenvalue weighted by molar-refractivity contribution is -0.119. The van der Waals surface area contributed by atoms with Crippen LogP contribution in [0.1, 0.15) is 30.9 Å². The van der Waals surface area contributed by atoms with E-state index in [0.29, 0.717) is 5.75 Å². The van der Waals surface area contributed by atoms with Gasteiger partial charge in [0.15, 0.2) is 6.61 Å². The molecule has 0 aromatic heterocycles. The number of nitrogens with zero attached hydrogens (tertiary/aromatic N) is 1. The van der Waals surface area contributed by atoms with E-state index in [4.69, 9.17) is 10.5 Å². The molecule has 2 aromatic carbocycles. The van der Waals surface area contributed by atoms with Gasteiger partial charge in [-0.2, -0.15) is 0 Å². The van der Waals surface area contributed by atoms with Crippen LogP contribution < -0.4 is 10.5 Å². The second kappa shape index (κ2) is 7.70. The van der Waals surface area contributed by atoms with Gasteiger partial charge in [0.25, 0.3) is 5.91 Å². The number of piperidine rings is 1. The van der Waals surface area contributed by atoms with Crippen LogP contribution in [0.4, 0.5) is 0 Å². The number of primary amides is 1. The van der Waals surface area contributed by atoms with Gasteiger partial charge in [0.05, 0.1) is 0 Å². The third kappa shape index (κ3) is 4.60. The van der Waals surface area contributed by atoms with Gasteiger partial charge >= 0.3 is 0 Å². The molecular weight excluding hydrogens is 312 g/mol. The molecule has 2 N–H and O–H groups in total. The first-order valence-electron chi connectivity index (χ1n) is 8.83. The predicted octanol–water partition coefficient (Wildman–Crippen LogP) is 3.10. The summed E-state index contributed by atoms with van der Waals surface area (Å²) in [5.41, 5.74) is 7.94. The van der Waals surface area contributed by atoms with Gasteiger partial charge < -0.3 is 10.5 Å². The van der Waals surface area contributed by atoms with E-state index in [1.54, 1.807) is 0 Å². The molecule has 4 nitrogen and oxygen atoms in total. The molecule has 1 heterocycles. The molecule has 25 heavy (non-hydrogen) atoms. The lowest BCUT2D eigenvalue weighted by Gasteiger charge is -2.41. The molecule has 3 rings (SSSR count). The fraction of sp³-hybridized carbons (Fsp3) is 0.381. The molecule has 0 aliphatic carbocycles. The zero-order valence-electron chi connectivity index (χ0n) is 14.8. The number of likely N-dealkylation sites (tertiary alicyclic amines) is 1. The average Bonchev–Trinajstić information content (AvgIpc) is 2.61. The highest BCUT2D eigenvalue weighted by Crippen LogP contribution is 2.34. The maximum atomic E-state index is 10.9. The van der Waals surface area contributed by atoms with Gasteiger partial charge in [-0.15, -0.1) is 0 Å². The molecule has 1 aliphatic rings. The molecule has 0 radical (unpaired) electrons. The van der Waals surface area contributed by atoms with E-state index >= 15 is 0 Å². The van der Waals surface area contributed by atoms with Gasteiger partial charge in [-0.1, -0.05) is 49.4 Å². The highest BCUT2D eigenvalue weighted by atomic mass is 16.5. The molecular formula is C21H26N2O2. The van der Waals surface area contributed by atoms with Gasteiger partial charge in [-0.3, -0.25) is 9.69 Å². The van der Waals surface area contributed by atoms with Gasteiger partial charge in [-0.05, 0) is 42.6 Å². The zero-order valence-corrected chi connectivity index (χ0v) is 14.8. The summed E-state index contributed by atoms with van der Waals surface area (Å²) >= 11 is 0. The van der Waals surface area contributed by atoms with E-state index in [1.165, 1.54) is 24.0 Å². The van der Waals surface area contributed by atoms with Gasteiger partial charge in [0.2, 0.25) is 0 Å². The van der Waals surface area contributed by atoms with Crippen molar-refractivity contribution in [2.75, 3.05) is 19.7 Å². The number of hydrogen-bond acceptors (Lipinski definition) is 3. The Kier molecular flexibility index (Phi) is 5.39. The van der Waals surface area contributed by atoms with Crippen molar-refractivity contribution in [1.29, 1.82) is 0 Å². The summed E-state index contributed by atoms with van der Waals surface area (Å²) in [5.74, 6) is 0.235. The number of benzene rings is 2. The Balaban J connectivity index is 1.67. The first kappa shape index (κ1) is 17.5. The molecule has 1 amide bonds. The standard InChI is InChI=1S/C21H26N2O2/c1-21(18-8-3-2-4-9-18)11-6-12-23(16-21)14-17-7-5-10-19(13-17)25-15-20(22)24/h2-5,7-10,13H,6,11-12,14-16H2,1H3,(H2,22,24)/t21-/m0/s1. The van der Waals surface area contributed by atoms with Crippen molar-refractivity contribution in [2.24, 2.45) is 5.73 Å². The van der Waals surface area contributed by atoms with Crippen molar-refractivity contribution in [1.82, 2.24) is 4.90 Å². The number of amides is 1. The van der Waals surface area contributed by atoms with E-state index in [2.05, 4.69) is 48.2 Å². The van der Waals surface area contributed by atoms with Crippen LogP contribution in [0.15, 0.2) is 54.6 Å². The summed E-state index contributed by atoms with van der Waals surface area (Å²) in [6.07, 6.45) is 2.42. The third-order valence-corrected chi connectivity index (χ3v) is 4.93. The van der Waals surface area contributed by atoms with Crippen molar-refractivity contribution in [3.63, 3.8) is 0 Å². The molecule has 1 atom stereocenters. The minimum absolute atomic E-state index is 0.0841. The van der Waals surface area contributed by atoms with E-state index < -0.39 is 5.91 Å². The van der Waals surface area contributed by atoms with Crippen LogP contribution in [0.5, 0.6) is 5.75 Å². The largest absolute Gasteiger partial charge is 0.484 e. The maximum absolute atomic E-state index is 10.9. The lowest BCUT2D eigenvalue weighted by Crippen LogP contribution is -2.43. The van der Waals surface area contributed by atoms with Crippen molar-refractivity contribution < 1.29 is 9.53 Å². The van der Waals surface area contributed by atoms with Gasteiger partial charge in [0, 0.05) is 18.5 Å². The van der Waals surface area contributed by atoms with E-state index in [1.807, 2.05) is 18.2 Å². The lowest BCUT2D eigenvalue weighted by atomic mass is 9.76. The molecule has 2 aromatic rings. The quantitative estimate of drug-likeness (QED) is 0.880. The third-order valence-electron chi connectivity index (χ3n) is 4.93. The number of carbonyl (C=O) groups excluding carboxylic acids is 1. The minimum atomic E-state index is -0.458. The van der Waals surface area contributed by atoms with Gasteiger partial charge in [-0.25, -0.2) is 0 Å². The normalized spacial score (nSPS) is 21.0. The van der Waals surface area contributed by atoms with Crippen LogP contribution in [-0.2, 0) is 16.8 Å². The highest BCUT2D eigenvalue weighted by Gasteiger charge is 2.32. The first-order chi connectivity index (χ1) is 12.0. The van der Waals surface area contributed by atoms with E-state index in [9.17, 15) is 4.79 Å². The molecule has 0 saturated carbocycles. The van der Waals surface area contributed by atoms with E-state index in [0.717, 1.165) is 19.6 Å². The summed E-state index contributed by atoms with van der Waals surface area (Å²) in [6, 6.07) is 18.7. The molecule has 4 heteroatoms. The Hall–Kier alpha value is -2.33. The predicted molar refractivity (Wildman–Crippen MR) is 99.4 cm³/mol. The van der Waals surface area contributed by atoms with Crippen LogP contribution in [0.25, 0.3) is 0 Å². The number of hydrogen-bond donors (Lipinski definition) is 1. The second-order valence-electron chi connectivity index (χ2n) is 7.14.